The fraction of sp³-hybridized carbons (Fsp3) is 0.417. The number of nitrogens with zero attached hydrogens (tertiary/aromatic N) is 6. The van der Waals surface area contributed by atoms with Gasteiger partial charge >= 0.3 is 0 Å². The number of hydrogen-bond donors (Lipinski definition) is 2. The van der Waals surface area contributed by atoms with Crippen molar-refractivity contribution in [3.8, 4) is 11.5 Å². The molecule has 2 N–H and O–H groups in total. The Bertz CT molecular complexity index is 2870. The van der Waals surface area contributed by atoms with Crippen molar-refractivity contribution in [1.82, 2.24) is 24.5 Å². The quantitative estimate of drug-likeness (QED) is 0.0757. The van der Waals surface area contributed by atoms with E-state index in [1.54, 1.807) is 30.5 Å². The predicted molar refractivity (Wildman–Crippen MR) is 261 cm³/mol. The van der Waals surface area contributed by atoms with Gasteiger partial charge in [-0.05, 0) is 105 Å². The van der Waals surface area contributed by atoms with Crippen molar-refractivity contribution in [2.45, 2.75) is 57.8 Å². The number of aryl methyl sites for hydroxylation is 1. The van der Waals surface area contributed by atoms with E-state index in [0.29, 0.717) is 67.5 Å². The number of aromatic amines is 1. The number of ether oxygens (including phenoxy) is 1. The van der Waals surface area contributed by atoms with Crippen LogP contribution in [-0.4, -0.2) is 114 Å². The van der Waals surface area contributed by atoms with Gasteiger partial charge in [0.15, 0.2) is 0 Å². The number of amides is 1. The van der Waals surface area contributed by atoms with Crippen molar-refractivity contribution in [2.75, 3.05) is 75.3 Å². The molecule has 18 heteroatoms. The number of benzene rings is 3. The second-order valence-electron chi connectivity index (χ2n) is 18.1. The monoisotopic (exact) mass is 956 g/mol. The average molecular weight is 958 g/mol. The Balaban J connectivity index is 0.971. The molecule has 5 aromatic rings. The standard InChI is InChI=1S/C48H57ClN8O7S2/c1-4-52-65(61)26-24-54(25-27-65)19-5-6-35-9-13-41(30-44(35)57(59)60)66(62,63)53-47(58)42-14-12-39(29-45(42)64-40-28-36-16-18-50-46(36)51-32-40)56-22-20-55(21-23-56)33-37-15-17-48(2,3)31-43(37)34-7-10-38(49)11-8-34/h7-14,16,18,28-30,32H,4-6,15,17,19-27,31,33H2,1-3H3,(H,50,51)(H,53,58). The van der Waals surface area contributed by atoms with Crippen LogP contribution in [-0.2, 0) is 26.2 Å². The summed E-state index contributed by atoms with van der Waals surface area (Å²) in [5.74, 6) is 0.515. The fourth-order valence-corrected chi connectivity index (χ4v) is 12.3. The molecular formula is C48H57ClN8O7S2. The number of anilines is 1. The topological polar surface area (TPSA) is 183 Å². The first-order chi connectivity index (χ1) is 31.6. The van der Waals surface area contributed by atoms with Gasteiger partial charge in [0.25, 0.3) is 21.6 Å². The van der Waals surface area contributed by atoms with E-state index in [0.717, 1.165) is 74.1 Å². The van der Waals surface area contributed by atoms with E-state index in [4.69, 9.17) is 16.3 Å². The third-order valence-electron chi connectivity index (χ3n) is 12.9. The van der Waals surface area contributed by atoms with Crippen molar-refractivity contribution < 1.29 is 27.1 Å². The first-order valence-electron chi connectivity index (χ1n) is 22.5. The summed E-state index contributed by atoms with van der Waals surface area (Å²) < 4.78 is 53.1. The second-order valence-corrected chi connectivity index (χ2v) is 22.9. The van der Waals surface area contributed by atoms with Crippen LogP contribution in [0.1, 0.15) is 67.9 Å². The Labute approximate surface area is 391 Å². The van der Waals surface area contributed by atoms with Crippen molar-refractivity contribution >= 4 is 65.2 Å². The van der Waals surface area contributed by atoms with Crippen molar-refractivity contribution in [1.29, 1.82) is 0 Å². The van der Waals surface area contributed by atoms with Gasteiger partial charge in [0.2, 0.25) is 0 Å². The van der Waals surface area contributed by atoms with Crippen LogP contribution in [0, 0.1) is 15.5 Å². The zero-order valence-corrected chi connectivity index (χ0v) is 40.0. The second kappa shape index (κ2) is 19.9. The molecule has 3 aliphatic rings. The molecule has 2 aromatic heterocycles. The Hall–Kier alpha value is -5.33. The van der Waals surface area contributed by atoms with Gasteiger partial charge in [-0.15, -0.1) is 0 Å². The highest BCUT2D eigenvalue weighted by Crippen LogP contribution is 2.43. The van der Waals surface area contributed by atoms with Crippen molar-refractivity contribution in [3.63, 3.8) is 0 Å². The number of carbonyl (C=O) groups is 1. The van der Waals surface area contributed by atoms with E-state index in [9.17, 15) is 27.5 Å². The number of nitro benzene ring substituents is 1. The summed E-state index contributed by atoms with van der Waals surface area (Å²) in [6.45, 7) is 12.9. The number of nitro groups is 1. The van der Waals surface area contributed by atoms with Gasteiger partial charge in [-0.25, -0.2) is 26.7 Å². The maximum atomic E-state index is 14.0. The molecule has 66 heavy (non-hydrogen) atoms. The van der Waals surface area contributed by atoms with Gasteiger partial charge in [0, 0.05) is 114 Å². The van der Waals surface area contributed by atoms with E-state index < -0.39 is 35.5 Å². The Morgan fingerprint density at radius 1 is 1.00 bits per heavy atom. The van der Waals surface area contributed by atoms with Crippen LogP contribution in [0.4, 0.5) is 11.4 Å². The van der Waals surface area contributed by atoms with Gasteiger partial charge < -0.3 is 19.5 Å². The molecule has 2 aliphatic heterocycles. The third kappa shape index (κ3) is 11.3. The molecule has 2 fully saturated rings. The SMILES string of the molecule is CCN=S1(=O)CCN(CCCc2ccc(S(=O)(=O)NC(=O)c3ccc(N4CCN(CC5=C(c6ccc(Cl)cc6)CC(C)(C)CC5)CC4)cc3Oc3cnc4[nH]ccc4c3)cc2[N+](=O)[O-])CC1. The number of aromatic nitrogens is 2. The molecular weight excluding hydrogens is 900 g/mol. The largest absolute Gasteiger partial charge is 0.455 e. The molecule has 1 aliphatic carbocycles. The smallest absolute Gasteiger partial charge is 0.273 e. The van der Waals surface area contributed by atoms with Crippen LogP contribution in [0.15, 0.2) is 100 Å². The molecule has 1 amide bonds. The van der Waals surface area contributed by atoms with E-state index in [2.05, 4.69) is 59.7 Å². The summed E-state index contributed by atoms with van der Waals surface area (Å²) in [4.78, 5) is 39.6. The van der Waals surface area contributed by atoms with Crippen LogP contribution in [0.25, 0.3) is 16.6 Å². The number of carbonyl (C=O) groups excluding carboxylic acids is 1. The summed E-state index contributed by atoms with van der Waals surface area (Å²) in [6, 6.07) is 20.6. The molecule has 2 saturated heterocycles. The minimum absolute atomic E-state index is 0.0416. The van der Waals surface area contributed by atoms with Gasteiger partial charge in [-0.1, -0.05) is 49.2 Å². The number of rotatable bonds is 15. The lowest BCUT2D eigenvalue weighted by atomic mass is 9.72. The molecule has 4 heterocycles. The summed E-state index contributed by atoms with van der Waals surface area (Å²) in [5, 5.41) is 13.7. The summed E-state index contributed by atoms with van der Waals surface area (Å²) in [7, 11) is -6.74. The zero-order chi connectivity index (χ0) is 46.6. The number of pyridine rings is 1. The number of piperazine rings is 1. The highest BCUT2D eigenvalue weighted by atomic mass is 35.5. The Morgan fingerprint density at radius 2 is 1.76 bits per heavy atom. The summed E-state index contributed by atoms with van der Waals surface area (Å²) >= 11 is 6.25. The van der Waals surface area contributed by atoms with Crippen LogP contribution >= 0.6 is 11.6 Å². The molecule has 0 unspecified atom stereocenters. The Morgan fingerprint density at radius 3 is 2.48 bits per heavy atom. The lowest BCUT2D eigenvalue weighted by Gasteiger charge is -2.39. The lowest BCUT2D eigenvalue weighted by molar-refractivity contribution is -0.385. The molecule has 0 saturated carbocycles. The number of nitrogens with one attached hydrogen (secondary N) is 2. The van der Waals surface area contributed by atoms with Crippen molar-refractivity contribution in [2.24, 2.45) is 9.78 Å². The molecule has 0 spiro atoms. The molecule has 0 radical (unpaired) electrons. The van der Waals surface area contributed by atoms with Crippen LogP contribution in [0.3, 0.4) is 0 Å². The molecule has 15 nitrogen and oxygen atoms in total. The molecule has 3 aromatic carbocycles. The first kappa shape index (κ1) is 47.2. The number of halogens is 1. The first-order valence-corrected chi connectivity index (χ1v) is 26.2. The van der Waals surface area contributed by atoms with Gasteiger partial charge in [-0.2, -0.15) is 0 Å². The van der Waals surface area contributed by atoms with E-state index in [-0.39, 0.29) is 22.4 Å². The normalized spacial score (nSPS) is 18.0. The fourth-order valence-electron chi connectivity index (χ4n) is 9.15. The average Bonchev–Trinajstić information content (AvgIpc) is 3.76. The summed E-state index contributed by atoms with van der Waals surface area (Å²) in [5.41, 5.74) is 5.77. The zero-order valence-electron chi connectivity index (χ0n) is 37.6. The molecule has 0 atom stereocenters. The number of allylic oxidation sites excluding steroid dienone is 1. The summed E-state index contributed by atoms with van der Waals surface area (Å²) in [6.07, 6.45) is 7.38. The molecule has 8 rings (SSSR count). The van der Waals surface area contributed by atoms with E-state index in [1.165, 1.54) is 35.0 Å². The van der Waals surface area contributed by atoms with E-state index >= 15 is 0 Å². The van der Waals surface area contributed by atoms with Crippen molar-refractivity contribution in [3.05, 3.63) is 123 Å². The van der Waals surface area contributed by atoms with Gasteiger partial charge in [0.1, 0.15) is 17.1 Å². The number of sulfonamides is 1. The van der Waals surface area contributed by atoms with Crippen LogP contribution in [0.2, 0.25) is 5.02 Å². The maximum Gasteiger partial charge on any atom is 0.273 e. The minimum atomic E-state index is -4.57. The third-order valence-corrected chi connectivity index (χ3v) is 16.8. The minimum Gasteiger partial charge on any atom is -0.455 e. The van der Waals surface area contributed by atoms with E-state index in [1.807, 2.05) is 25.1 Å². The Kier molecular flexibility index (Phi) is 14.2. The molecule has 0 bridgehead atoms. The van der Waals surface area contributed by atoms with Gasteiger partial charge in [-0.3, -0.25) is 19.8 Å². The van der Waals surface area contributed by atoms with Crippen LogP contribution < -0.4 is 14.4 Å². The lowest BCUT2D eigenvalue weighted by Crippen LogP contribution is -2.47. The number of fused-ring (bicyclic) bond motifs is 1. The molecule has 350 valence electrons. The number of H-pyrrole nitrogens is 1. The van der Waals surface area contributed by atoms with Gasteiger partial charge in [0.05, 0.1) is 21.6 Å². The van der Waals surface area contributed by atoms with Crippen LogP contribution in [0.5, 0.6) is 11.5 Å². The predicted octanol–water partition coefficient (Wildman–Crippen LogP) is 8.56. The highest BCUT2D eigenvalue weighted by molar-refractivity contribution is 7.93. The maximum absolute atomic E-state index is 14.0. The number of hydrogen-bond acceptors (Lipinski definition) is 12. The highest BCUT2D eigenvalue weighted by Gasteiger charge is 2.31.